The van der Waals surface area contributed by atoms with Crippen LogP contribution in [0, 0.1) is 18.3 Å². The molecule has 0 aliphatic carbocycles. The lowest BCUT2D eigenvalue weighted by Crippen LogP contribution is -2.32. The number of carbonyl (C=O) groups is 2. The number of imidazole rings is 1. The third-order valence-electron chi connectivity index (χ3n) is 6.96. The van der Waals surface area contributed by atoms with E-state index in [1.807, 2.05) is 51.0 Å². The fourth-order valence-corrected chi connectivity index (χ4v) is 4.92. The quantitative estimate of drug-likeness (QED) is 0.117. The number of amides is 2. The first-order valence-corrected chi connectivity index (χ1v) is 13.7. The summed E-state index contributed by atoms with van der Waals surface area (Å²) in [6.45, 7) is 8.16. The minimum Gasteiger partial charge on any atom is -0.378 e. The van der Waals surface area contributed by atoms with E-state index >= 15 is 0 Å². The fourth-order valence-electron chi connectivity index (χ4n) is 4.72. The summed E-state index contributed by atoms with van der Waals surface area (Å²) < 4.78 is 0. The maximum Gasteiger partial charge on any atom is 0.257 e. The first kappa shape index (κ1) is 29.8. The third-order valence-corrected chi connectivity index (χ3v) is 7.29. The summed E-state index contributed by atoms with van der Waals surface area (Å²) in [5.74, 6) is 0.196. The lowest BCUT2D eigenvalue weighted by molar-refractivity contribution is -0.133. The molecule has 216 valence electrons. The Balaban J connectivity index is 1.46. The van der Waals surface area contributed by atoms with Crippen LogP contribution in [0.5, 0.6) is 0 Å². The van der Waals surface area contributed by atoms with Gasteiger partial charge in [-0.15, -0.1) is 0 Å². The maximum absolute atomic E-state index is 13.2. The lowest BCUT2D eigenvalue weighted by Gasteiger charge is -2.27. The van der Waals surface area contributed by atoms with Crippen LogP contribution in [0.4, 0.5) is 17.2 Å². The van der Waals surface area contributed by atoms with Gasteiger partial charge in [0.05, 0.1) is 27.3 Å². The standard InChI is InChI=1S/C30H36ClN7O3/c1-17(28(39)37-41)15-30(3,4)16-32-26-12-9-21(18(2)33-26)29(40)34-19-7-10-23(31)22(13-19)27-35-24-11-8-20(38(5)6)14-25(24)36-27/h7-14,17,41H,15-16H2,1-6H3,(H,32,33)(H,34,40)(H,35,36)(H,37,39). The van der Waals surface area contributed by atoms with E-state index in [1.54, 1.807) is 49.7 Å². The van der Waals surface area contributed by atoms with E-state index in [-0.39, 0.29) is 17.2 Å². The molecule has 11 heteroatoms. The molecule has 0 radical (unpaired) electrons. The summed E-state index contributed by atoms with van der Waals surface area (Å²) in [4.78, 5) is 39.4. The second kappa shape index (κ2) is 12.2. The van der Waals surface area contributed by atoms with Gasteiger partial charge < -0.3 is 20.5 Å². The summed E-state index contributed by atoms with van der Waals surface area (Å²) in [5, 5.41) is 15.6. The summed E-state index contributed by atoms with van der Waals surface area (Å²) in [6, 6.07) is 14.8. The van der Waals surface area contributed by atoms with E-state index in [0.717, 1.165) is 16.7 Å². The largest absolute Gasteiger partial charge is 0.378 e. The van der Waals surface area contributed by atoms with Gasteiger partial charge in [-0.1, -0.05) is 32.4 Å². The molecule has 2 heterocycles. The number of pyridine rings is 1. The number of hydrogen-bond acceptors (Lipinski definition) is 7. The smallest absolute Gasteiger partial charge is 0.257 e. The number of fused-ring (bicyclic) bond motifs is 1. The molecule has 2 aromatic heterocycles. The minimum absolute atomic E-state index is 0.238. The highest BCUT2D eigenvalue weighted by Crippen LogP contribution is 2.32. The van der Waals surface area contributed by atoms with Crippen LogP contribution in [-0.2, 0) is 4.79 Å². The van der Waals surface area contributed by atoms with Gasteiger partial charge in [0.2, 0.25) is 5.91 Å². The van der Waals surface area contributed by atoms with Crippen LogP contribution in [0.15, 0.2) is 48.5 Å². The highest BCUT2D eigenvalue weighted by Gasteiger charge is 2.25. The topological polar surface area (TPSA) is 135 Å². The lowest BCUT2D eigenvalue weighted by atomic mass is 9.83. The molecule has 1 atom stereocenters. The number of aromatic nitrogens is 3. The van der Waals surface area contributed by atoms with Crippen LogP contribution in [0.2, 0.25) is 5.02 Å². The summed E-state index contributed by atoms with van der Waals surface area (Å²) in [5.41, 5.74) is 6.48. The summed E-state index contributed by atoms with van der Waals surface area (Å²) in [7, 11) is 3.95. The number of H-pyrrole nitrogens is 1. The first-order valence-electron chi connectivity index (χ1n) is 13.3. The highest BCUT2D eigenvalue weighted by atomic mass is 35.5. The summed E-state index contributed by atoms with van der Waals surface area (Å²) in [6.07, 6.45) is 0.570. The molecule has 1 unspecified atom stereocenters. The molecule has 4 aromatic rings. The van der Waals surface area contributed by atoms with Crippen molar-refractivity contribution >= 4 is 51.6 Å². The van der Waals surface area contributed by atoms with Gasteiger partial charge in [-0.25, -0.2) is 15.4 Å². The van der Waals surface area contributed by atoms with E-state index in [4.69, 9.17) is 21.8 Å². The molecule has 0 spiro atoms. The average molecular weight is 578 g/mol. The van der Waals surface area contributed by atoms with Crippen molar-refractivity contribution < 1.29 is 14.8 Å². The van der Waals surface area contributed by atoms with Crippen LogP contribution in [0.25, 0.3) is 22.4 Å². The van der Waals surface area contributed by atoms with Gasteiger partial charge in [0.25, 0.3) is 5.91 Å². The fraction of sp³-hybridized carbons (Fsp3) is 0.333. The number of rotatable bonds is 10. The Bertz CT molecular complexity index is 1580. The van der Waals surface area contributed by atoms with E-state index in [9.17, 15) is 9.59 Å². The van der Waals surface area contributed by atoms with Crippen molar-refractivity contribution in [3.05, 3.63) is 64.8 Å². The molecule has 0 fully saturated rings. The number of benzene rings is 2. The molecule has 4 rings (SSSR count). The van der Waals surface area contributed by atoms with Gasteiger partial charge in [0.15, 0.2) is 0 Å². The second-order valence-electron chi connectivity index (χ2n) is 11.3. The first-order chi connectivity index (χ1) is 19.4. The molecule has 5 N–H and O–H groups in total. The zero-order valence-corrected chi connectivity index (χ0v) is 24.8. The Morgan fingerprint density at radius 1 is 1.10 bits per heavy atom. The number of hydroxylamine groups is 1. The number of nitrogens with one attached hydrogen (secondary N) is 4. The number of aromatic amines is 1. The van der Waals surface area contributed by atoms with Crippen LogP contribution in [0.3, 0.4) is 0 Å². The molecule has 0 aliphatic heterocycles. The van der Waals surface area contributed by atoms with E-state index < -0.39 is 5.91 Å². The molecule has 41 heavy (non-hydrogen) atoms. The van der Waals surface area contributed by atoms with Crippen molar-refractivity contribution in [2.75, 3.05) is 36.2 Å². The average Bonchev–Trinajstić information content (AvgIpc) is 3.35. The van der Waals surface area contributed by atoms with E-state index in [2.05, 4.69) is 20.6 Å². The Hall–Kier alpha value is -4.15. The number of halogens is 1. The normalized spacial score (nSPS) is 12.2. The molecule has 2 aromatic carbocycles. The van der Waals surface area contributed by atoms with Crippen molar-refractivity contribution in [2.24, 2.45) is 11.3 Å². The molecule has 0 saturated heterocycles. The van der Waals surface area contributed by atoms with Crippen molar-refractivity contribution in [1.82, 2.24) is 20.4 Å². The van der Waals surface area contributed by atoms with E-state index in [0.29, 0.717) is 52.1 Å². The molecule has 0 aliphatic rings. The molecule has 0 saturated carbocycles. The van der Waals surface area contributed by atoms with Gasteiger partial charge in [-0.3, -0.25) is 14.8 Å². The monoisotopic (exact) mass is 577 g/mol. The Morgan fingerprint density at radius 2 is 1.85 bits per heavy atom. The van der Waals surface area contributed by atoms with Crippen molar-refractivity contribution in [3.63, 3.8) is 0 Å². The number of anilines is 3. The third kappa shape index (κ3) is 7.14. The Morgan fingerprint density at radius 3 is 2.54 bits per heavy atom. The zero-order chi connectivity index (χ0) is 29.9. The number of carbonyl (C=O) groups excluding carboxylic acids is 2. The maximum atomic E-state index is 13.2. The van der Waals surface area contributed by atoms with E-state index in [1.165, 1.54) is 0 Å². The van der Waals surface area contributed by atoms with Gasteiger partial charge in [-0.2, -0.15) is 0 Å². The van der Waals surface area contributed by atoms with Crippen LogP contribution >= 0.6 is 11.6 Å². The van der Waals surface area contributed by atoms with Gasteiger partial charge >= 0.3 is 0 Å². The highest BCUT2D eigenvalue weighted by molar-refractivity contribution is 6.33. The predicted molar refractivity (Wildman–Crippen MR) is 164 cm³/mol. The summed E-state index contributed by atoms with van der Waals surface area (Å²) >= 11 is 6.52. The number of aryl methyl sites for hydroxylation is 1. The molecule has 2 amide bonds. The Labute approximate surface area is 244 Å². The molecular formula is C30H36ClN7O3. The van der Waals surface area contributed by atoms with Gasteiger partial charge in [-0.05, 0) is 67.3 Å². The molecular weight excluding hydrogens is 542 g/mol. The van der Waals surface area contributed by atoms with Crippen molar-refractivity contribution in [3.8, 4) is 11.4 Å². The second-order valence-corrected chi connectivity index (χ2v) is 11.7. The van der Waals surface area contributed by atoms with Crippen LogP contribution in [-0.4, -0.2) is 52.6 Å². The van der Waals surface area contributed by atoms with Gasteiger partial charge in [0.1, 0.15) is 11.6 Å². The predicted octanol–water partition coefficient (Wildman–Crippen LogP) is 5.87. The SMILES string of the molecule is Cc1nc(NCC(C)(C)CC(C)C(=O)NO)ccc1C(=O)Nc1ccc(Cl)c(-c2nc3cc(N(C)C)ccc3[nH]2)c1. The van der Waals surface area contributed by atoms with Crippen molar-refractivity contribution in [1.29, 1.82) is 0 Å². The molecule has 0 bridgehead atoms. The van der Waals surface area contributed by atoms with Crippen molar-refractivity contribution in [2.45, 2.75) is 34.1 Å². The minimum atomic E-state index is -0.411. The van der Waals surface area contributed by atoms with Gasteiger partial charge in [0, 0.05) is 43.5 Å². The number of nitrogens with zero attached hydrogens (tertiary/aromatic N) is 3. The Kier molecular flexibility index (Phi) is 8.84. The van der Waals surface area contributed by atoms with Crippen LogP contribution in [0.1, 0.15) is 43.2 Å². The number of hydrogen-bond donors (Lipinski definition) is 5. The van der Waals surface area contributed by atoms with Crippen LogP contribution < -0.4 is 21.0 Å². The molecule has 10 nitrogen and oxygen atoms in total. The zero-order valence-electron chi connectivity index (χ0n) is 24.1.